The van der Waals surface area contributed by atoms with Crippen LogP contribution in [-0.4, -0.2) is 40.4 Å². The van der Waals surface area contributed by atoms with Gasteiger partial charge in [-0.25, -0.2) is 0 Å². The molecule has 0 unspecified atom stereocenters. The average molecular weight is 220 g/mol. The van der Waals surface area contributed by atoms with Crippen LogP contribution in [0.4, 0.5) is 0 Å². The van der Waals surface area contributed by atoms with Crippen molar-refractivity contribution in [3.8, 4) is 0 Å². The zero-order chi connectivity index (χ0) is 12.0. The molecular formula is C11H24O4. The van der Waals surface area contributed by atoms with Gasteiger partial charge in [0.05, 0.1) is 18.8 Å². The summed E-state index contributed by atoms with van der Waals surface area (Å²) in [6.45, 7) is 7.61. The van der Waals surface area contributed by atoms with Gasteiger partial charge in [0.1, 0.15) is 0 Å². The van der Waals surface area contributed by atoms with Gasteiger partial charge < -0.3 is 20.1 Å². The van der Waals surface area contributed by atoms with Gasteiger partial charge in [0.2, 0.25) is 0 Å². The highest BCUT2D eigenvalue weighted by Crippen LogP contribution is 2.28. The molecular weight excluding hydrogens is 196 g/mol. The van der Waals surface area contributed by atoms with Crippen LogP contribution < -0.4 is 0 Å². The van der Waals surface area contributed by atoms with Crippen molar-refractivity contribution in [2.24, 2.45) is 11.8 Å². The molecule has 1 aliphatic rings. The van der Waals surface area contributed by atoms with Crippen LogP contribution >= 0.6 is 0 Å². The van der Waals surface area contributed by atoms with Crippen LogP contribution in [0.3, 0.4) is 0 Å². The van der Waals surface area contributed by atoms with E-state index in [1.165, 1.54) is 6.42 Å². The van der Waals surface area contributed by atoms with E-state index < -0.39 is 18.5 Å². The molecule has 0 amide bonds. The van der Waals surface area contributed by atoms with Crippen LogP contribution in [-0.2, 0) is 4.74 Å². The Morgan fingerprint density at radius 3 is 1.93 bits per heavy atom. The molecule has 0 aromatic rings. The minimum absolute atomic E-state index is 0.131. The van der Waals surface area contributed by atoms with Crippen LogP contribution in [0, 0.1) is 11.8 Å². The van der Waals surface area contributed by atoms with E-state index in [-0.39, 0.29) is 18.4 Å². The van der Waals surface area contributed by atoms with E-state index in [1.54, 1.807) is 13.8 Å². The maximum atomic E-state index is 9.57. The van der Waals surface area contributed by atoms with Gasteiger partial charge in [-0.2, -0.15) is 0 Å². The predicted octanol–water partition coefficient (Wildman–Crippen LogP) is 0.745. The normalized spacial score (nSPS) is 40.6. The number of aliphatic hydroxyl groups excluding tert-OH is 3. The molecule has 4 heteroatoms. The summed E-state index contributed by atoms with van der Waals surface area (Å²) in [4.78, 5) is 0. The van der Waals surface area contributed by atoms with E-state index in [0.717, 1.165) is 0 Å². The summed E-state index contributed by atoms with van der Waals surface area (Å²) < 4.78 is 5.08. The van der Waals surface area contributed by atoms with Gasteiger partial charge in [0.25, 0.3) is 0 Å². The number of rotatable bonds is 1. The molecule has 1 fully saturated rings. The molecule has 0 aromatic heterocycles. The summed E-state index contributed by atoms with van der Waals surface area (Å²) >= 11 is 0. The molecule has 0 aromatic carbocycles. The SMILES string of the molecule is CCC.C[C@@H]1[C@H](O)[C@@H](C)[C@H](CO)O[C@H]1O. The Morgan fingerprint density at radius 2 is 1.53 bits per heavy atom. The highest BCUT2D eigenvalue weighted by atomic mass is 16.6. The largest absolute Gasteiger partial charge is 0.394 e. The third kappa shape index (κ3) is 4.07. The minimum atomic E-state index is -0.964. The Hall–Kier alpha value is -0.160. The third-order valence-electron chi connectivity index (χ3n) is 2.61. The molecule has 3 N–H and O–H groups in total. The van der Waals surface area contributed by atoms with Crippen molar-refractivity contribution in [2.45, 2.75) is 52.6 Å². The third-order valence-corrected chi connectivity index (χ3v) is 2.61. The fourth-order valence-corrected chi connectivity index (χ4v) is 1.50. The number of aliphatic hydroxyl groups is 3. The smallest absolute Gasteiger partial charge is 0.160 e. The minimum Gasteiger partial charge on any atom is -0.394 e. The quantitative estimate of drug-likeness (QED) is 0.610. The van der Waals surface area contributed by atoms with Gasteiger partial charge in [-0.3, -0.25) is 0 Å². The van der Waals surface area contributed by atoms with Crippen LogP contribution in [0.15, 0.2) is 0 Å². The van der Waals surface area contributed by atoms with E-state index in [9.17, 15) is 10.2 Å². The number of ether oxygens (including phenoxy) is 1. The fraction of sp³-hybridized carbons (Fsp3) is 1.00. The van der Waals surface area contributed by atoms with Gasteiger partial charge in [0.15, 0.2) is 6.29 Å². The first-order valence-corrected chi connectivity index (χ1v) is 5.61. The van der Waals surface area contributed by atoms with Gasteiger partial charge in [-0.05, 0) is 0 Å². The summed E-state index contributed by atoms with van der Waals surface area (Å²) in [6.07, 6.45) is -0.773. The number of hydrogen-bond acceptors (Lipinski definition) is 4. The summed E-state index contributed by atoms with van der Waals surface area (Å²) in [7, 11) is 0. The van der Waals surface area contributed by atoms with Crippen molar-refractivity contribution < 1.29 is 20.1 Å². The Labute approximate surface area is 91.9 Å². The molecule has 4 nitrogen and oxygen atoms in total. The van der Waals surface area contributed by atoms with Gasteiger partial charge >= 0.3 is 0 Å². The van der Waals surface area contributed by atoms with E-state index in [1.807, 2.05) is 0 Å². The Morgan fingerprint density at radius 1 is 1.07 bits per heavy atom. The predicted molar refractivity (Wildman–Crippen MR) is 58.3 cm³/mol. The molecule has 1 aliphatic heterocycles. The standard InChI is InChI=1S/C8H16O4.C3H8/c1-4-6(3-9)12-8(11)5(2)7(4)10;1-3-2/h4-11H,3H2,1-2H3;3H2,1-2H3/t4-,5+,6-,7+,8+;/m0./s1. The Balaban J connectivity index is 0.000000583. The lowest BCUT2D eigenvalue weighted by atomic mass is 9.86. The summed E-state index contributed by atoms with van der Waals surface area (Å²) in [5, 5.41) is 27.7. The van der Waals surface area contributed by atoms with Crippen molar-refractivity contribution in [3.63, 3.8) is 0 Å². The van der Waals surface area contributed by atoms with E-state index >= 15 is 0 Å². The highest BCUT2D eigenvalue weighted by Gasteiger charge is 2.39. The molecule has 1 saturated heterocycles. The molecule has 1 heterocycles. The summed E-state index contributed by atoms with van der Waals surface area (Å²) in [6, 6.07) is 0. The first kappa shape index (κ1) is 14.8. The lowest BCUT2D eigenvalue weighted by molar-refractivity contribution is -0.248. The lowest BCUT2D eigenvalue weighted by Crippen LogP contribution is -2.50. The second kappa shape index (κ2) is 7.17. The monoisotopic (exact) mass is 220 g/mol. The van der Waals surface area contributed by atoms with E-state index in [0.29, 0.717) is 0 Å². The molecule has 0 radical (unpaired) electrons. The van der Waals surface area contributed by atoms with Crippen LogP contribution in [0.2, 0.25) is 0 Å². The Bertz CT molecular complexity index is 158. The van der Waals surface area contributed by atoms with Crippen molar-refractivity contribution >= 4 is 0 Å². The van der Waals surface area contributed by atoms with Crippen molar-refractivity contribution in [2.75, 3.05) is 6.61 Å². The molecule has 0 aliphatic carbocycles. The lowest BCUT2D eigenvalue weighted by Gasteiger charge is -2.39. The molecule has 1 rings (SSSR count). The molecule has 0 spiro atoms. The van der Waals surface area contributed by atoms with Crippen LogP contribution in [0.1, 0.15) is 34.1 Å². The van der Waals surface area contributed by atoms with Gasteiger partial charge in [0, 0.05) is 11.8 Å². The van der Waals surface area contributed by atoms with Crippen molar-refractivity contribution in [1.82, 2.24) is 0 Å². The maximum absolute atomic E-state index is 9.57. The molecule has 0 bridgehead atoms. The fourth-order valence-electron chi connectivity index (χ4n) is 1.50. The molecule has 15 heavy (non-hydrogen) atoms. The highest BCUT2D eigenvalue weighted by molar-refractivity contribution is 4.83. The zero-order valence-electron chi connectivity index (χ0n) is 10.1. The van der Waals surface area contributed by atoms with E-state index in [2.05, 4.69) is 13.8 Å². The number of hydrogen-bond donors (Lipinski definition) is 3. The first-order chi connectivity index (χ1) is 6.99. The van der Waals surface area contributed by atoms with Crippen LogP contribution in [0.5, 0.6) is 0 Å². The van der Waals surface area contributed by atoms with E-state index in [4.69, 9.17) is 9.84 Å². The summed E-state index contributed by atoms with van der Waals surface area (Å²) in [5.41, 5.74) is 0. The van der Waals surface area contributed by atoms with Gasteiger partial charge in [-0.15, -0.1) is 0 Å². The van der Waals surface area contributed by atoms with Crippen molar-refractivity contribution in [1.29, 1.82) is 0 Å². The second-order valence-electron chi connectivity index (χ2n) is 4.16. The Kier molecular flexibility index (Phi) is 7.09. The first-order valence-electron chi connectivity index (χ1n) is 5.61. The zero-order valence-corrected chi connectivity index (χ0v) is 10.1. The second-order valence-corrected chi connectivity index (χ2v) is 4.16. The molecule has 5 atom stereocenters. The van der Waals surface area contributed by atoms with Crippen LogP contribution in [0.25, 0.3) is 0 Å². The van der Waals surface area contributed by atoms with Gasteiger partial charge in [-0.1, -0.05) is 34.1 Å². The maximum Gasteiger partial charge on any atom is 0.160 e. The summed E-state index contributed by atoms with van der Waals surface area (Å²) in [5.74, 6) is -0.420. The topological polar surface area (TPSA) is 69.9 Å². The molecule has 92 valence electrons. The average Bonchev–Trinajstić information content (AvgIpc) is 2.21. The molecule has 0 saturated carbocycles. The van der Waals surface area contributed by atoms with Crippen molar-refractivity contribution in [3.05, 3.63) is 0 Å².